The van der Waals surface area contributed by atoms with Crippen LogP contribution in [0.2, 0.25) is 0 Å². The molecule has 0 saturated carbocycles. The Bertz CT molecular complexity index is 720. The van der Waals surface area contributed by atoms with Crippen LogP contribution in [0.3, 0.4) is 0 Å². The number of carbonyl (C=O) groups is 2. The lowest BCUT2D eigenvalue weighted by Gasteiger charge is -2.33. The second-order valence-corrected chi connectivity index (χ2v) is 5.17. The molecule has 1 N–H and O–H groups in total. The summed E-state index contributed by atoms with van der Waals surface area (Å²) in [5.41, 5.74) is 2.17. The average Bonchev–Trinajstić information content (AvgIpc) is 2.56. The van der Waals surface area contributed by atoms with Gasteiger partial charge in [-0.15, -0.1) is 0 Å². The molecule has 0 fully saturated rings. The highest BCUT2D eigenvalue weighted by Crippen LogP contribution is 2.33. The largest absolute Gasteiger partial charge is 0.478 e. The van der Waals surface area contributed by atoms with E-state index in [1.807, 2.05) is 35.2 Å². The lowest BCUT2D eigenvalue weighted by atomic mass is 9.96. The smallest absolute Gasteiger partial charge is 0.335 e. The third kappa shape index (κ3) is 2.76. The fraction of sp³-hybridized carbons (Fsp3) is 0.111. The minimum Gasteiger partial charge on any atom is -0.478 e. The molecule has 1 unspecified atom stereocenters. The molecule has 2 aromatic rings. The number of aromatic carboxylic acids is 1. The van der Waals surface area contributed by atoms with Crippen molar-refractivity contribution in [3.63, 3.8) is 0 Å². The number of hydrogen-bond donors (Lipinski definition) is 1. The first kappa shape index (κ1) is 14.1. The van der Waals surface area contributed by atoms with Crippen LogP contribution in [0.15, 0.2) is 66.9 Å². The van der Waals surface area contributed by atoms with Gasteiger partial charge in [-0.2, -0.15) is 0 Å². The van der Waals surface area contributed by atoms with Crippen LogP contribution in [-0.4, -0.2) is 16.9 Å². The van der Waals surface area contributed by atoms with Crippen LogP contribution in [0.1, 0.15) is 28.4 Å². The number of benzene rings is 2. The van der Waals surface area contributed by atoms with E-state index in [2.05, 4.69) is 0 Å². The van der Waals surface area contributed by atoms with Crippen LogP contribution in [0.4, 0.5) is 5.69 Å². The van der Waals surface area contributed by atoms with E-state index in [-0.39, 0.29) is 17.4 Å². The molecule has 0 amide bonds. The minimum absolute atomic E-state index is 0.0746. The van der Waals surface area contributed by atoms with Crippen LogP contribution in [0, 0.1) is 0 Å². The van der Waals surface area contributed by atoms with Crippen molar-refractivity contribution in [2.45, 2.75) is 12.5 Å². The standard InChI is InChI=1S/C18H15NO3/c20-16-10-11-19(15-8-6-14(7-9-15)18(21)22)17(12-16)13-4-2-1-3-5-13/h1-11,17H,12H2,(H,21,22). The van der Waals surface area contributed by atoms with Crippen molar-refractivity contribution in [3.8, 4) is 0 Å². The first-order valence-corrected chi connectivity index (χ1v) is 7.03. The van der Waals surface area contributed by atoms with Crippen molar-refractivity contribution in [2.75, 3.05) is 4.90 Å². The number of ketones is 1. The van der Waals surface area contributed by atoms with Crippen LogP contribution >= 0.6 is 0 Å². The van der Waals surface area contributed by atoms with Gasteiger partial charge in [-0.05, 0) is 35.9 Å². The molecular weight excluding hydrogens is 278 g/mol. The molecule has 22 heavy (non-hydrogen) atoms. The number of carboxylic acids is 1. The summed E-state index contributed by atoms with van der Waals surface area (Å²) in [6.45, 7) is 0. The summed E-state index contributed by atoms with van der Waals surface area (Å²) in [4.78, 5) is 24.7. The second-order valence-electron chi connectivity index (χ2n) is 5.17. The quantitative estimate of drug-likeness (QED) is 0.942. The first-order chi connectivity index (χ1) is 10.6. The third-order valence-corrected chi connectivity index (χ3v) is 3.75. The van der Waals surface area contributed by atoms with E-state index < -0.39 is 5.97 Å². The van der Waals surface area contributed by atoms with E-state index in [4.69, 9.17) is 5.11 Å². The van der Waals surface area contributed by atoms with Crippen molar-refractivity contribution in [2.24, 2.45) is 0 Å². The van der Waals surface area contributed by atoms with Crippen molar-refractivity contribution in [3.05, 3.63) is 78.0 Å². The van der Waals surface area contributed by atoms with E-state index >= 15 is 0 Å². The fourth-order valence-corrected chi connectivity index (χ4v) is 2.62. The first-order valence-electron chi connectivity index (χ1n) is 7.03. The molecule has 1 aliphatic rings. The SMILES string of the molecule is O=C1C=CN(c2ccc(C(=O)O)cc2)C(c2ccccc2)C1. The Balaban J connectivity index is 1.97. The van der Waals surface area contributed by atoms with Gasteiger partial charge in [-0.25, -0.2) is 4.79 Å². The van der Waals surface area contributed by atoms with Crippen LogP contribution < -0.4 is 4.90 Å². The third-order valence-electron chi connectivity index (χ3n) is 3.75. The topological polar surface area (TPSA) is 57.6 Å². The van der Waals surface area contributed by atoms with Gasteiger partial charge in [0.2, 0.25) is 0 Å². The molecule has 1 atom stereocenters. The minimum atomic E-state index is -0.949. The molecule has 1 heterocycles. The summed E-state index contributed by atoms with van der Waals surface area (Å²) < 4.78 is 0. The fourth-order valence-electron chi connectivity index (χ4n) is 2.62. The maximum Gasteiger partial charge on any atom is 0.335 e. The molecule has 0 saturated heterocycles. The van der Waals surface area contributed by atoms with Gasteiger partial charge in [0.05, 0.1) is 11.6 Å². The van der Waals surface area contributed by atoms with Crippen LogP contribution in [-0.2, 0) is 4.79 Å². The van der Waals surface area contributed by atoms with Gasteiger partial charge >= 0.3 is 5.97 Å². The lowest BCUT2D eigenvalue weighted by molar-refractivity contribution is -0.115. The Morgan fingerprint density at radius 3 is 2.36 bits per heavy atom. The number of carbonyl (C=O) groups excluding carboxylic acids is 1. The van der Waals surface area contributed by atoms with Gasteiger partial charge in [-0.3, -0.25) is 4.79 Å². The molecule has 0 aromatic heterocycles. The van der Waals surface area contributed by atoms with Crippen molar-refractivity contribution >= 4 is 17.4 Å². The normalized spacial score (nSPS) is 17.5. The zero-order valence-electron chi connectivity index (χ0n) is 11.8. The van der Waals surface area contributed by atoms with Crippen LogP contribution in [0.25, 0.3) is 0 Å². The van der Waals surface area contributed by atoms with E-state index in [1.165, 1.54) is 0 Å². The highest BCUT2D eigenvalue weighted by atomic mass is 16.4. The lowest BCUT2D eigenvalue weighted by Crippen LogP contribution is -2.28. The highest BCUT2D eigenvalue weighted by Gasteiger charge is 2.25. The molecule has 2 aromatic carbocycles. The van der Waals surface area contributed by atoms with E-state index in [0.717, 1.165) is 11.3 Å². The number of hydrogen-bond acceptors (Lipinski definition) is 3. The van der Waals surface area contributed by atoms with Crippen molar-refractivity contribution in [1.82, 2.24) is 0 Å². The monoisotopic (exact) mass is 293 g/mol. The van der Waals surface area contributed by atoms with Gasteiger partial charge < -0.3 is 10.0 Å². The molecule has 1 aliphatic heterocycles. The van der Waals surface area contributed by atoms with E-state index in [1.54, 1.807) is 36.5 Å². The Kier molecular flexibility index (Phi) is 3.74. The number of allylic oxidation sites excluding steroid dienone is 1. The molecule has 0 bridgehead atoms. The molecule has 0 aliphatic carbocycles. The van der Waals surface area contributed by atoms with Crippen LogP contribution in [0.5, 0.6) is 0 Å². The molecule has 4 heteroatoms. The molecular formula is C18H15NO3. The Morgan fingerprint density at radius 2 is 1.73 bits per heavy atom. The van der Waals surface area contributed by atoms with Gasteiger partial charge in [0.25, 0.3) is 0 Å². The Hall–Kier alpha value is -2.88. The molecule has 4 nitrogen and oxygen atoms in total. The summed E-state index contributed by atoms with van der Waals surface area (Å²) in [6.07, 6.45) is 3.73. The van der Waals surface area contributed by atoms with E-state index in [9.17, 15) is 9.59 Å². The summed E-state index contributed by atoms with van der Waals surface area (Å²) in [5, 5.41) is 8.98. The number of carboxylic acid groups (broad SMARTS) is 1. The average molecular weight is 293 g/mol. The number of rotatable bonds is 3. The van der Waals surface area contributed by atoms with Gasteiger partial charge in [0, 0.05) is 18.3 Å². The highest BCUT2D eigenvalue weighted by molar-refractivity contribution is 5.93. The molecule has 0 radical (unpaired) electrons. The molecule has 110 valence electrons. The van der Waals surface area contributed by atoms with Crippen molar-refractivity contribution < 1.29 is 14.7 Å². The van der Waals surface area contributed by atoms with Crippen molar-refractivity contribution in [1.29, 1.82) is 0 Å². The Labute approximate surface area is 128 Å². The number of nitrogens with zero attached hydrogens (tertiary/aromatic N) is 1. The molecule has 0 spiro atoms. The number of anilines is 1. The van der Waals surface area contributed by atoms with E-state index in [0.29, 0.717) is 6.42 Å². The maximum atomic E-state index is 11.8. The predicted octanol–water partition coefficient (Wildman–Crippen LogP) is 3.42. The van der Waals surface area contributed by atoms with Gasteiger partial charge in [-0.1, -0.05) is 30.3 Å². The summed E-state index contributed by atoms with van der Waals surface area (Å²) in [5.74, 6) is -0.859. The zero-order chi connectivity index (χ0) is 15.5. The van der Waals surface area contributed by atoms with Gasteiger partial charge in [0.1, 0.15) is 0 Å². The maximum absolute atomic E-state index is 11.8. The summed E-state index contributed by atoms with van der Waals surface area (Å²) in [6, 6.07) is 16.4. The Morgan fingerprint density at radius 1 is 1.05 bits per heavy atom. The van der Waals surface area contributed by atoms with Gasteiger partial charge in [0.15, 0.2) is 5.78 Å². The summed E-state index contributed by atoms with van der Waals surface area (Å²) in [7, 11) is 0. The second kappa shape index (κ2) is 5.85. The molecule has 3 rings (SSSR count). The predicted molar refractivity (Wildman–Crippen MR) is 83.8 cm³/mol. The zero-order valence-corrected chi connectivity index (χ0v) is 11.8. The summed E-state index contributed by atoms with van der Waals surface area (Å²) >= 11 is 0.